The Kier molecular flexibility index (Phi) is 5.54. The van der Waals surface area contributed by atoms with E-state index >= 15 is 0 Å². The molecule has 7 rings (SSSR count). The molecule has 7 aromatic rings. The van der Waals surface area contributed by atoms with E-state index in [2.05, 4.69) is 43.0 Å². The number of thiazole rings is 1. The fraction of sp³-hybridized carbons (Fsp3) is 0.125. The van der Waals surface area contributed by atoms with E-state index in [1.165, 1.54) is 21.4 Å². The van der Waals surface area contributed by atoms with Crippen LogP contribution < -0.4 is 10.1 Å². The summed E-state index contributed by atoms with van der Waals surface area (Å²) in [6.07, 6.45) is 3.87. The fourth-order valence-corrected chi connectivity index (χ4v) is 6.31. The second-order valence-electron chi connectivity index (χ2n) is 10.1. The first-order chi connectivity index (χ1) is 19.4. The van der Waals surface area contributed by atoms with E-state index in [0.29, 0.717) is 21.1 Å². The molecule has 40 heavy (non-hydrogen) atoms. The summed E-state index contributed by atoms with van der Waals surface area (Å²) < 4.78 is 9.80. The molecule has 0 unspecified atom stereocenters. The molecule has 196 valence electrons. The molecule has 0 atom stereocenters. The molecule has 0 aliphatic carbocycles. The highest BCUT2D eigenvalue weighted by Crippen LogP contribution is 2.32. The molecule has 0 aliphatic heterocycles. The SMILES string of the molecule is Cc1cc(C)c(-c2nn(-c3ccccc3)cc2/C=c2\sc3nc(-c4oc5ccccc5c4C)nn3c2=O)c(C)c1. The van der Waals surface area contributed by atoms with E-state index in [-0.39, 0.29) is 5.56 Å². The maximum absolute atomic E-state index is 13.5. The van der Waals surface area contributed by atoms with Crippen LogP contribution in [0.5, 0.6) is 0 Å². The van der Waals surface area contributed by atoms with E-state index in [4.69, 9.17) is 9.52 Å². The predicted octanol–water partition coefficient (Wildman–Crippen LogP) is 6.20. The quantitative estimate of drug-likeness (QED) is 0.264. The summed E-state index contributed by atoms with van der Waals surface area (Å²) in [5, 5.41) is 10.5. The lowest BCUT2D eigenvalue weighted by Gasteiger charge is -2.10. The van der Waals surface area contributed by atoms with Crippen LogP contribution in [0.1, 0.15) is 27.8 Å². The van der Waals surface area contributed by atoms with Crippen LogP contribution in [0.3, 0.4) is 0 Å². The lowest BCUT2D eigenvalue weighted by atomic mass is 9.95. The Morgan fingerprint density at radius 2 is 1.62 bits per heavy atom. The number of benzene rings is 3. The van der Waals surface area contributed by atoms with Crippen molar-refractivity contribution in [3.05, 3.63) is 116 Å². The van der Waals surface area contributed by atoms with Gasteiger partial charge in [0.25, 0.3) is 5.56 Å². The van der Waals surface area contributed by atoms with E-state index in [0.717, 1.165) is 50.2 Å². The first-order valence-corrected chi connectivity index (χ1v) is 13.8. The third-order valence-corrected chi connectivity index (χ3v) is 8.15. The number of aryl methyl sites for hydroxylation is 4. The van der Waals surface area contributed by atoms with Gasteiger partial charge in [-0.3, -0.25) is 4.79 Å². The minimum Gasteiger partial charge on any atom is -0.452 e. The summed E-state index contributed by atoms with van der Waals surface area (Å²) >= 11 is 1.31. The zero-order valence-corrected chi connectivity index (χ0v) is 23.3. The van der Waals surface area contributed by atoms with Crippen LogP contribution in [0.15, 0.2) is 82.1 Å². The van der Waals surface area contributed by atoms with Crippen molar-refractivity contribution in [2.24, 2.45) is 0 Å². The summed E-state index contributed by atoms with van der Waals surface area (Å²) in [4.78, 5) is 18.7. The third-order valence-electron chi connectivity index (χ3n) is 7.19. The van der Waals surface area contributed by atoms with Crippen LogP contribution in [-0.4, -0.2) is 24.4 Å². The van der Waals surface area contributed by atoms with Gasteiger partial charge in [0.15, 0.2) is 5.76 Å². The van der Waals surface area contributed by atoms with Crippen molar-refractivity contribution in [3.8, 4) is 28.5 Å². The van der Waals surface area contributed by atoms with Crippen molar-refractivity contribution in [3.63, 3.8) is 0 Å². The maximum Gasteiger partial charge on any atom is 0.291 e. The molecule has 4 heterocycles. The number of hydrogen-bond acceptors (Lipinski definition) is 6. The second-order valence-corrected chi connectivity index (χ2v) is 11.1. The van der Waals surface area contributed by atoms with Gasteiger partial charge >= 0.3 is 0 Å². The summed E-state index contributed by atoms with van der Waals surface area (Å²) in [6.45, 7) is 8.28. The van der Waals surface area contributed by atoms with Gasteiger partial charge in [0.05, 0.1) is 10.2 Å². The van der Waals surface area contributed by atoms with Gasteiger partial charge in [-0.2, -0.15) is 14.6 Å². The van der Waals surface area contributed by atoms with Gasteiger partial charge in [-0.15, -0.1) is 5.10 Å². The highest BCUT2D eigenvalue weighted by Gasteiger charge is 2.20. The highest BCUT2D eigenvalue weighted by atomic mass is 32.1. The average Bonchev–Trinajstić information content (AvgIpc) is 3.69. The van der Waals surface area contributed by atoms with Crippen molar-refractivity contribution in [1.82, 2.24) is 24.4 Å². The Hall–Kier alpha value is -4.82. The van der Waals surface area contributed by atoms with Gasteiger partial charge in [0, 0.05) is 28.3 Å². The molecule has 0 saturated heterocycles. The lowest BCUT2D eigenvalue weighted by molar-refractivity contribution is 0.622. The molecular weight excluding hydrogens is 518 g/mol. The second kappa shape index (κ2) is 9.14. The van der Waals surface area contributed by atoms with E-state index in [9.17, 15) is 4.79 Å². The highest BCUT2D eigenvalue weighted by molar-refractivity contribution is 7.15. The summed E-state index contributed by atoms with van der Waals surface area (Å²) in [5.74, 6) is 0.992. The van der Waals surface area contributed by atoms with E-state index in [1.54, 1.807) is 0 Å². The number of para-hydroxylation sites is 2. The van der Waals surface area contributed by atoms with Gasteiger partial charge < -0.3 is 4.42 Å². The van der Waals surface area contributed by atoms with Gasteiger partial charge in [-0.05, 0) is 63.1 Å². The molecule has 0 spiro atoms. The standard InChI is InChI=1S/C32H25N5O2S/c1-18-14-19(2)27(20(3)15-18)28-22(17-36(34-28)23-10-6-5-7-11-23)16-26-31(38)37-32(40-26)33-30(35-37)29-21(4)24-12-8-9-13-25(24)39-29/h5-17H,1-4H3/b26-16-. The van der Waals surface area contributed by atoms with Crippen LogP contribution in [0, 0.1) is 27.7 Å². The van der Waals surface area contributed by atoms with Gasteiger partial charge in [0.2, 0.25) is 10.8 Å². The van der Waals surface area contributed by atoms with Crippen LogP contribution in [0.2, 0.25) is 0 Å². The van der Waals surface area contributed by atoms with E-state index < -0.39 is 0 Å². The molecular formula is C32H25N5O2S. The van der Waals surface area contributed by atoms with Gasteiger partial charge in [-0.1, -0.05) is 65.4 Å². The number of aromatic nitrogens is 5. The number of fused-ring (bicyclic) bond motifs is 2. The molecule has 0 aliphatic rings. The van der Waals surface area contributed by atoms with E-state index in [1.807, 2.05) is 78.5 Å². The monoisotopic (exact) mass is 543 g/mol. The molecule has 8 heteroatoms. The molecule has 0 amide bonds. The lowest BCUT2D eigenvalue weighted by Crippen LogP contribution is -2.23. The van der Waals surface area contributed by atoms with Crippen molar-refractivity contribution in [1.29, 1.82) is 0 Å². The van der Waals surface area contributed by atoms with Gasteiger partial charge in [-0.25, -0.2) is 4.68 Å². The Bertz CT molecular complexity index is 2160. The molecule has 7 nitrogen and oxygen atoms in total. The van der Waals surface area contributed by atoms with Crippen molar-refractivity contribution in [2.75, 3.05) is 0 Å². The molecule has 3 aromatic carbocycles. The molecule has 4 aromatic heterocycles. The largest absolute Gasteiger partial charge is 0.452 e. The number of rotatable bonds is 4. The zero-order valence-electron chi connectivity index (χ0n) is 22.5. The van der Waals surface area contributed by atoms with Crippen molar-refractivity contribution >= 4 is 33.3 Å². The average molecular weight is 544 g/mol. The molecule has 0 radical (unpaired) electrons. The maximum atomic E-state index is 13.5. The normalized spacial score (nSPS) is 12.2. The fourth-order valence-electron chi connectivity index (χ4n) is 5.41. The minimum absolute atomic E-state index is 0.219. The summed E-state index contributed by atoms with van der Waals surface area (Å²) in [7, 11) is 0. The molecule has 0 saturated carbocycles. The van der Waals surface area contributed by atoms with Crippen LogP contribution in [0.25, 0.3) is 50.5 Å². The van der Waals surface area contributed by atoms with Gasteiger partial charge in [0.1, 0.15) is 11.3 Å². The predicted molar refractivity (Wildman–Crippen MR) is 159 cm³/mol. The zero-order chi connectivity index (χ0) is 27.5. The smallest absolute Gasteiger partial charge is 0.291 e. The Balaban J connectivity index is 1.39. The summed E-state index contributed by atoms with van der Waals surface area (Å²) in [6, 6.07) is 22.1. The Morgan fingerprint density at radius 3 is 2.35 bits per heavy atom. The molecule has 0 bridgehead atoms. The minimum atomic E-state index is -0.219. The van der Waals surface area contributed by atoms with Crippen LogP contribution >= 0.6 is 11.3 Å². The van der Waals surface area contributed by atoms with Crippen LogP contribution in [0.4, 0.5) is 0 Å². The topological polar surface area (TPSA) is 78.2 Å². The first-order valence-electron chi connectivity index (χ1n) is 13.0. The summed E-state index contributed by atoms with van der Waals surface area (Å²) in [5.41, 5.74) is 8.69. The Labute approximate surface area is 233 Å². The molecule has 0 fully saturated rings. The van der Waals surface area contributed by atoms with Crippen LogP contribution in [-0.2, 0) is 0 Å². The first kappa shape index (κ1) is 24.2. The third kappa shape index (κ3) is 3.87. The number of furan rings is 1. The molecule has 0 N–H and O–H groups in total. The Morgan fingerprint density at radius 1 is 0.900 bits per heavy atom. The van der Waals surface area contributed by atoms with Crippen molar-refractivity contribution < 1.29 is 4.42 Å². The number of hydrogen-bond donors (Lipinski definition) is 0. The number of nitrogens with zero attached hydrogens (tertiary/aromatic N) is 5. The van der Waals surface area contributed by atoms with Crippen molar-refractivity contribution in [2.45, 2.75) is 27.7 Å².